The Morgan fingerprint density at radius 2 is 1.58 bits per heavy atom. The van der Waals surface area contributed by atoms with Crippen molar-refractivity contribution in [1.82, 2.24) is 9.80 Å². The molecule has 1 aromatic rings. The SMILES string of the molecule is O=C(Nc1ccc(Cl)c(Cl)c1)N1CCCN(C(=O)C2CCCCC2)CC1. The van der Waals surface area contributed by atoms with Gasteiger partial charge in [-0.1, -0.05) is 42.5 Å². The fraction of sp³-hybridized carbons (Fsp3) is 0.579. The molecule has 26 heavy (non-hydrogen) atoms. The predicted octanol–water partition coefficient (Wildman–Crippen LogP) is 4.64. The maximum absolute atomic E-state index is 12.7. The van der Waals surface area contributed by atoms with Crippen molar-refractivity contribution >= 4 is 40.8 Å². The first-order chi connectivity index (χ1) is 12.5. The van der Waals surface area contributed by atoms with Crippen molar-refractivity contribution in [2.45, 2.75) is 38.5 Å². The topological polar surface area (TPSA) is 52.7 Å². The first-order valence-electron chi connectivity index (χ1n) is 9.34. The standard InChI is InChI=1S/C19H25Cl2N3O2/c20-16-8-7-15(13-17(16)21)22-19(26)24-10-4-9-23(11-12-24)18(25)14-5-2-1-3-6-14/h7-8,13-14H,1-6,9-12H2,(H,22,26). The van der Waals surface area contributed by atoms with Gasteiger partial charge >= 0.3 is 6.03 Å². The molecule has 1 aromatic carbocycles. The quantitative estimate of drug-likeness (QED) is 0.789. The molecule has 1 aliphatic heterocycles. The van der Waals surface area contributed by atoms with E-state index < -0.39 is 0 Å². The molecule has 1 N–H and O–H groups in total. The van der Waals surface area contributed by atoms with E-state index >= 15 is 0 Å². The summed E-state index contributed by atoms with van der Waals surface area (Å²) in [4.78, 5) is 29.0. The molecule has 2 aliphatic rings. The van der Waals surface area contributed by atoms with Gasteiger partial charge in [0.1, 0.15) is 0 Å². The number of halogens is 2. The van der Waals surface area contributed by atoms with E-state index in [1.165, 1.54) is 6.42 Å². The van der Waals surface area contributed by atoms with Crippen LogP contribution in [-0.2, 0) is 4.79 Å². The molecule has 2 fully saturated rings. The minimum absolute atomic E-state index is 0.171. The second kappa shape index (κ2) is 8.96. The van der Waals surface area contributed by atoms with E-state index in [0.29, 0.717) is 35.4 Å². The average Bonchev–Trinajstić information content (AvgIpc) is 2.91. The molecule has 5 nitrogen and oxygen atoms in total. The Labute approximate surface area is 164 Å². The first kappa shape index (κ1) is 19.3. The van der Waals surface area contributed by atoms with Crippen molar-refractivity contribution < 1.29 is 9.59 Å². The van der Waals surface area contributed by atoms with Crippen LogP contribution in [0.1, 0.15) is 38.5 Å². The number of amides is 3. The number of carbonyl (C=O) groups is 2. The number of nitrogens with zero attached hydrogens (tertiary/aromatic N) is 2. The summed E-state index contributed by atoms with van der Waals surface area (Å²) in [6.45, 7) is 2.52. The van der Waals surface area contributed by atoms with Gasteiger partial charge in [0.05, 0.1) is 10.0 Å². The van der Waals surface area contributed by atoms with Crippen molar-refractivity contribution in [2.75, 3.05) is 31.5 Å². The van der Waals surface area contributed by atoms with Gasteiger partial charge in [-0.3, -0.25) is 4.79 Å². The lowest BCUT2D eigenvalue weighted by molar-refractivity contribution is -0.136. The third kappa shape index (κ3) is 4.83. The fourth-order valence-corrected chi connectivity index (χ4v) is 4.02. The van der Waals surface area contributed by atoms with Crippen LogP contribution >= 0.6 is 23.2 Å². The van der Waals surface area contributed by atoms with Gasteiger partial charge in [0.15, 0.2) is 0 Å². The van der Waals surface area contributed by atoms with Crippen molar-refractivity contribution in [1.29, 1.82) is 0 Å². The van der Waals surface area contributed by atoms with Crippen molar-refractivity contribution in [2.24, 2.45) is 5.92 Å². The van der Waals surface area contributed by atoms with Crippen LogP contribution in [0.3, 0.4) is 0 Å². The Hall–Kier alpha value is -1.46. The number of urea groups is 1. The summed E-state index contributed by atoms with van der Waals surface area (Å²) in [5.41, 5.74) is 0.615. The highest BCUT2D eigenvalue weighted by molar-refractivity contribution is 6.42. The van der Waals surface area contributed by atoms with Crippen LogP contribution in [0.15, 0.2) is 18.2 Å². The molecule has 0 radical (unpaired) electrons. The summed E-state index contributed by atoms with van der Waals surface area (Å²) >= 11 is 11.9. The molecule has 7 heteroatoms. The van der Waals surface area contributed by atoms with E-state index in [4.69, 9.17) is 23.2 Å². The lowest BCUT2D eigenvalue weighted by atomic mass is 9.88. The second-order valence-corrected chi connectivity index (χ2v) is 7.87. The van der Waals surface area contributed by atoms with Gasteiger partial charge in [-0.05, 0) is 37.5 Å². The lowest BCUT2D eigenvalue weighted by Crippen LogP contribution is -2.41. The Balaban J connectivity index is 1.54. The summed E-state index contributed by atoms with van der Waals surface area (Å²) in [5.74, 6) is 0.455. The molecule has 1 saturated heterocycles. The molecule has 0 bridgehead atoms. The predicted molar refractivity (Wildman–Crippen MR) is 105 cm³/mol. The zero-order chi connectivity index (χ0) is 18.5. The van der Waals surface area contributed by atoms with E-state index in [2.05, 4.69) is 5.32 Å². The molecule has 0 aromatic heterocycles. The number of anilines is 1. The van der Waals surface area contributed by atoms with Crippen LogP contribution in [-0.4, -0.2) is 47.9 Å². The van der Waals surface area contributed by atoms with E-state index in [1.54, 1.807) is 23.1 Å². The monoisotopic (exact) mass is 397 g/mol. The molecular formula is C19H25Cl2N3O2. The van der Waals surface area contributed by atoms with Gasteiger partial charge in [-0.15, -0.1) is 0 Å². The van der Waals surface area contributed by atoms with Crippen LogP contribution in [0, 0.1) is 5.92 Å². The Morgan fingerprint density at radius 1 is 0.885 bits per heavy atom. The lowest BCUT2D eigenvalue weighted by Gasteiger charge is -2.28. The van der Waals surface area contributed by atoms with E-state index in [0.717, 1.165) is 38.6 Å². The third-order valence-electron chi connectivity index (χ3n) is 5.22. The molecule has 142 valence electrons. The van der Waals surface area contributed by atoms with Crippen molar-refractivity contribution in [3.05, 3.63) is 28.2 Å². The molecule has 3 rings (SSSR count). The van der Waals surface area contributed by atoms with Crippen molar-refractivity contribution in [3.63, 3.8) is 0 Å². The minimum Gasteiger partial charge on any atom is -0.341 e. The molecule has 1 heterocycles. The van der Waals surface area contributed by atoms with Gasteiger partial charge in [0.2, 0.25) is 5.91 Å². The Bertz CT molecular complexity index is 662. The molecule has 0 atom stereocenters. The summed E-state index contributed by atoms with van der Waals surface area (Å²) in [7, 11) is 0. The van der Waals surface area contributed by atoms with Gasteiger partial charge in [0, 0.05) is 37.8 Å². The molecular weight excluding hydrogens is 373 g/mol. The van der Waals surface area contributed by atoms with E-state index in [1.807, 2.05) is 4.90 Å². The van der Waals surface area contributed by atoms with Gasteiger partial charge in [-0.25, -0.2) is 4.79 Å². The van der Waals surface area contributed by atoms with Gasteiger partial charge in [-0.2, -0.15) is 0 Å². The zero-order valence-corrected chi connectivity index (χ0v) is 16.4. The Kier molecular flexibility index (Phi) is 6.65. The highest BCUT2D eigenvalue weighted by Crippen LogP contribution is 2.27. The van der Waals surface area contributed by atoms with Crippen LogP contribution in [0.25, 0.3) is 0 Å². The highest BCUT2D eigenvalue weighted by Gasteiger charge is 2.28. The van der Waals surface area contributed by atoms with Crippen molar-refractivity contribution in [3.8, 4) is 0 Å². The Morgan fingerprint density at radius 3 is 2.31 bits per heavy atom. The number of hydrogen-bond donors (Lipinski definition) is 1. The first-order valence-corrected chi connectivity index (χ1v) is 10.1. The van der Waals surface area contributed by atoms with Gasteiger partial charge in [0.25, 0.3) is 0 Å². The van der Waals surface area contributed by atoms with Crippen LogP contribution in [0.5, 0.6) is 0 Å². The van der Waals surface area contributed by atoms with E-state index in [-0.39, 0.29) is 17.9 Å². The van der Waals surface area contributed by atoms with Crippen LogP contribution in [0.4, 0.5) is 10.5 Å². The fourth-order valence-electron chi connectivity index (χ4n) is 3.73. The van der Waals surface area contributed by atoms with Crippen LogP contribution in [0.2, 0.25) is 10.0 Å². The number of nitrogens with one attached hydrogen (secondary N) is 1. The smallest absolute Gasteiger partial charge is 0.321 e. The summed E-state index contributed by atoms with van der Waals surface area (Å²) in [6, 6.07) is 4.85. The summed E-state index contributed by atoms with van der Waals surface area (Å²) in [5, 5.41) is 3.72. The maximum atomic E-state index is 12.7. The summed E-state index contributed by atoms with van der Waals surface area (Å²) in [6.07, 6.45) is 6.37. The number of benzene rings is 1. The molecule has 1 saturated carbocycles. The normalized spacial score (nSPS) is 19.2. The van der Waals surface area contributed by atoms with E-state index in [9.17, 15) is 9.59 Å². The number of carbonyl (C=O) groups excluding carboxylic acids is 2. The minimum atomic E-state index is -0.171. The maximum Gasteiger partial charge on any atom is 0.321 e. The number of rotatable bonds is 2. The third-order valence-corrected chi connectivity index (χ3v) is 5.96. The average molecular weight is 398 g/mol. The largest absolute Gasteiger partial charge is 0.341 e. The number of hydrogen-bond acceptors (Lipinski definition) is 2. The molecule has 3 amide bonds. The second-order valence-electron chi connectivity index (χ2n) is 7.06. The molecule has 0 unspecified atom stereocenters. The summed E-state index contributed by atoms with van der Waals surface area (Å²) < 4.78 is 0. The highest BCUT2D eigenvalue weighted by atomic mass is 35.5. The molecule has 0 spiro atoms. The van der Waals surface area contributed by atoms with Gasteiger partial charge < -0.3 is 15.1 Å². The van der Waals surface area contributed by atoms with Crippen LogP contribution < -0.4 is 5.32 Å². The zero-order valence-electron chi connectivity index (χ0n) is 14.8. The molecule has 1 aliphatic carbocycles.